The fourth-order valence-corrected chi connectivity index (χ4v) is 7.63. The highest BCUT2D eigenvalue weighted by Crippen LogP contribution is 2.39. The number of benzene rings is 3. The SMILES string of the molecule is CCOC(=O)c1c(NC(=O)/C(C#N)=C\c2ccc(Sc3nc(-c4ccccc4)cc(-c4ccccc4)n3)c([N+](=O)[O-])c2)sc2c1CCCC2. The predicted octanol–water partition coefficient (Wildman–Crippen LogP) is 8.53. The topological polar surface area (TPSA) is 148 Å². The maximum Gasteiger partial charge on any atom is 0.341 e. The first kappa shape index (κ1) is 33.3. The Balaban J connectivity index is 1.30. The number of hydrogen-bond donors (Lipinski definition) is 1. The Morgan fingerprint density at radius 1 is 1.00 bits per heavy atom. The van der Waals surface area contributed by atoms with Crippen molar-refractivity contribution < 1.29 is 19.2 Å². The Bertz CT molecular complexity index is 2070. The van der Waals surface area contributed by atoms with E-state index in [1.165, 1.54) is 23.5 Å². The minimum Gasteiger partial charge on any atom is -0.462 e. The summed E-state index contributed by atoms with van der Waals surface area (Å²) in [7, 11) is 0. The predicted molar refractivity (Wildman–Crippen MR) is 189 cm³/mol. The molecule has 1 aliphatic carbocycles. The number of nitro groups is 1. The molecule has 10 nitrogen and oxygen atoms in total. The first-order valence-electron chi connectivity index (χ1n) is 15.6. The quantitative estimate of drug-likeness (QED) is 0.0381. The van der Waals surface area contributed by atoms with Gasteiger partial charge in [0.2, 0.25) is 0 Å². The molecule has 5 aromatic rings. The van der Waals surface area contributed by atoms with Crippen molar-refractivity contribution in [2.75, 3.05) is 11.9 Å². The summed E-state index contributed by atoms with van der Waals surface area (Å²) < 4.78 is 5.27. The fourth-order valence-electron chi connectivity index (χ4n) is 5.49. The number of fused-ring (bicyclic) bond motifs is 1. The number of aryl methyl sites for hydroxylation is 1. The molecule has 1 aliphatic rings. The summed E-state index contributed by atoms with van der Waals surface area (Å²) in [6.45, 7) is 1.90. The second kappa shape index (κ2) is 15.1. The molecule has 49 heavy (non-hydrogen) atoms. The number of nitrogens with one attached hydrogen (secondary N) is 1. The number of nitrogens with zero attached hydrogens (tertiary/aromatic N) is 4. The molecule has 0 aliphatic heterocycles. The van der Waals surface area contributed by atoms with Crippen molar-refractivity contribution in [3.8, 4) is 28.6 Å². The summed E-state index contributed by atoms with van der Waals surface area (Å²) in [5, 5.41) is 25.6. The summed E-state index contributed by atoms with van der Waals surface area (Å²) in [6, 6.07) is 27.4. The zero-order chi connectivity index (χ0) is 34.3. The van der Waals surface area contributed by atoms with Crippen molar-refractivity contribution in [1.29, 1.82) is 5.26 Å². The summed E-state index contributed by atoms with van der Waals surface area (Å²) in [5.41, 5.74) is 4.07. The standard InChI is InChI=1S/C37H29N5O5S2/c1-2-47-36(44)33-27-15-9-10-16-31(27)48-35(33)41-34(43)26(22-38)19-23-17-18-32(30(20-23)42(45)46)49-37-39-28(24-11-5-3-6-12-24)21-29(40-37)25-13-7-4-8-14-25/h3-8,11-14,17-21H,2,9-10,15-16H2,1H3,(H,41,43)/b26-19-. The number of carbonyl (C=O) groups excluding carboxylic acids is 2. The van der Waals surface area contributed by atoms with E-state index in [-0.39, 0.29) is 28.3 Å². The van der Waals surface area contributed by atoms with Crippen molar-refractivity contribution in [2.45, 2.75) is 42.7 Å². The van der Waals surface area contributed by atoms with E-state index in [1.54, 1.807) is 19.1 Å². The first-order chi connectivity index (χ1) is 23.8. The summed E-state index contributed by atoms with van der Waals surface area (Å²) >= 11 is 2.37. The maximum absolute atomic E-state index is 13.3. The van der Waals surface area contributed by atoms with Crippen molar-refractivity contribution in [3.63, 3.8) is 0 Å². The number of thiophene rings is 1. The van der Waals surface area contributed by atoms with E-state index in [2.05, 4.69) is 5.32 Å². The van der Waals surface area contributed by atoms with Crippen LogP contribution >= 0.6 is 23.1 Å². The first-order valence-corrected chi connectivity index (χ1v) is 17.2. The van der Waals surface area contributed by atoms with Gasteiger partial charge in [-0.15, -0.1) is 11.3 Å². The lowest BCUT2D eigenvalue weighted by Crippen LogP contribution is -2.16. The minimum absolute atomic E-state index is 0.187. The lowest BCUT2D eigenvalue weighted by atomic mass is 9.95. The minimum atomic E-state index is -0.729. The molecular formula is C37H29N5O5S2. The van der Waals surface area contributed by atoms with Crippen LogP contribution in [-0.4, -0.2) is 33.4 Å². The Kier molecular flexibility index (Phi) is 10.2. The van der Waals surface area contributed by atoms with Gasteiger partial charge in [0.15, 0.2) is 5.16 Å². The molecule has 0 spiro atoms. The fraction of sp³-hybridized carbons (Fsp3) is 0.162. The molecule has 0 unspecified atom stereocenters. The van der Waals surface area contributed by atoms with Gasteiger partial charge in [0, 0.05) is 22.1 Å². The molecule has 3 aromatic carbocycles. The van der Waals surface area contributed by atoms with Crippen LogP contribution < -0.4 is 5.32 Å². The molecule has 1 N–H and O–H groups in total. The van der Waals surface area contributed by atoms with Crippen LogP contribution in [0.4, 0.5) is 10.7 Å². The van der Waals surface area contributed by atoms with E-state index < -0.39 is 16.8 Å². The third-order valence-electron chi connectivity index (χ3n) is 7.78. The number of nitro benzene ring substituents is 1. The number of aromatic nitrogens is 2. The lowest BCUT2D eigenvalue weighted by molar-refractivity contribution is -0.387. The third kappa shape index (κ3) is 7.59. The van der Waals surface area contributed by atoms with Gasteiger partial charge in [-0.05, 0) is 73.7 Å². The van der Waals surface area contributed by atoms with E-state index in [0.29, 0.717) is 33.5 Å². The molecular weight excluding hydrogens is 659 g/mol. The van der Waals surface area contributed by atoms with E-state index in [4.69, 9.17) is 14.7 Å². The number of amides is 1. The van der Waals surface area contributed by atoms with Gasteiger partial charge in [-0.25, -0.2) is 14.8 Å². The molecule has 12 heteroatoms. The second-order valence-corrected chi connectivity index (χ2v) is 13.1. The van der Waals surface area contributed by atoms with Crippen LogP contribution in [0.15, 0.2) is 101 Å². The smallest absolute Gasteiger partial charge is 0.341 e. The van der Waals surface area contributed by atoms with Gasteiger partial charge in [0.25, 0.3) is 11.6 Å². The lowest BCUT2D eigenvalue weighted by Gasteiger charge is -2.12. The highest BCUT2D eigenvalue weighted by Gasteiger charge is 2.28. The van der Waals surface area contributed by atoms with Crippen LogP contribution in [0.25, 0.3) is 28.6 Å². The molecule has 0 fully saturated rings. The molecule has 2 aromatic heterocycles. The van der Waals surface area contributed by atoms with Gasteiger partial charge in [0.1, 0.15) is 16.6 Å². The monoisotopic (exact) mass is 687 g/mol. The second-order valence-electron chi connectivity index (χ2n) is 11.0. The molecule has 0 bridgehead atoms. The van der Waals surface area contributed by atoms with Crippen LogP contribution in [0.1, 0.15) is 46.1 Å². The number of carbonyl (C=O) groups is 2. The zero-order valence-corrected chi connectivity index (χ0v) is 28.0. The highest BCUT2D eigenvalue weighted by molar-refractivity contribution is 7.99. The number of rotatable bonds is 10. The molecule has 1 amide bonds. The van der Waals surface area contributed by atoms with Crippen LogP contribution in [0, 0.1) is 21.4 Å². The summed E-state index contributed by atoms with van der Waals surface area (Å²) in [5.74, 6) is -1.25. The van der Waals surface area contributed by atoms with Gasteiger partial charge >= 0.3 is 5.97 Å². The summed E-state index contributed by atoms with van der Waals surface area (Å²) in [6.07, 6.45) is 4.71. The molecule has 0 saturated carbocycles. The molecule has 2 heterocycles. The number of anilines is 1. The molecule has 6 rings (SSSR count). The van der Waals surface area contributed by atoms with Gasteiger partial charge in [-0.3, -0.25) is 14.9 Å². The number of nitriles is 1. The normalized spacial score (nSPS) is 12.4. The Morgan fingerprint density at radius 3 is 2.27 bits per heavy atom. The Labute approximate surface area is 290 Å². The van der Waals surface area contributed by atoms with Crippen molar-refractivity contribution in [2.24, 2.45) is 0 Å². The number of esters is 1. The van der Waals surface area contributed by atoms with Crippen molar-refractivity contribution in [1.82, 2.24) is 9.97 Å². The van der Waals surface area contributed by atoms with Gasteiger partial charge in [-0.1, -0.05) is 66.7 Å². The molecule has 0 radical (unpaired) electrons. The van der Waals surface area contributed by atoms with Gasteiger partial charge in [0.05, 0.1) is 33.4 Å². The Morgan fingerprint density at radius 2 is 1.65 bits per heavy atom. The van der Waals surface area contributed by atoms with E-state index in [9.17, 15) is 25.0 Å². The van der Waals surface area contributed by atoms with Crippen LogP contribution in [0.5, 0.6) is 0 Å². The van der Waals surface area contributed by atoms with E-state index in [0.717, 1.165) is 52.6 Å². The average Bonchev–Trinajstić information content (AvgIpc) is 3.49. The molecule has 0 saturated heterocycles. The van der Waals surface area contributed by atoms with Crippen LogP contribution in [-0.2, 0) is 22.4 Å². The van der Waals surface area contributed by atoms with E-state index >= 15 is 0 Å². The largest absolute Gasteiger partial charge is 0.462 e. The summed E-state index contributed by atoms with van der Waals surface area (Å²) in [4.78, 5) is 48.6. The van der Waals surface area contributed by atoms with Gasteiger partial charge < -0.3 is 10.1 Å². The van der Waals surface area contributed by atoms with Gasteiger partial charge in [-0.2, -0.15) is 5.26 Å². The number of ether oxygens (including phenoxy) is 1. The van der Waals surface area contributed by atoms with Crippen LogP contribution in [0.2, 0.25) is 0 Å². The highest BCUT2D eigenvalue weighted by atomic mass is 32.2. The average molecular weight is 688 g/mol. The zero-order valence-electron chi connectivity index (χ0n) is 26.3. The maximum atomic E-state index is 13.3. The van der Waals surface area contributed by atoms with Crippen molar-refractivity contribution >= 4 is 51.7 Å². The van der Waals surface area contributed by atoms with E-state index in [1.807, 2.05) is 72.8 Å². The molecule has 244 valence electrons. The number of hydrogen-bond acceptors (Lipinski definition) is 10. The molecule has 0 atom stereocenters. The third-order valence-corrected chi connectivity index (χ3v) is 9.92. The van der Waals surface area contributed by atoms with Crippen molar-refractivity contribution in [3.05, 3.63) is 122 Å². The van der Waals surface area contributed by atoms with Crippen LogP contribution in [0.3, 0.4) is 0 Å². The Hall–Kier alpha value is -5.64.